The Hall–Kier alpha value is -1.55. The highest BCUT2D eigenvalue weighted by Gasteiger charge is 2.12. The zero-order valence-electron chi connectivity index (χ0n) is 11.1. The molecule has 2 rings (SSSR count). The van der Waals surface area contributed by atoms with E-state index in [2.05, 4.69) is 23.2 Å². The first-order chi connectivity index (χ1) is 9.20. The molecular formula is C15H17NO2S. The van der Waals surface area contributed by atoms with Gasteiger partial charge in [0.25, 0.3) is 0 Å². The second-order valence-corrected chi connectivity index (χ2v) is 5.50. The van der Waals surface area contributed by atoms with Crippen LogP contribution in [0.25, 0.3) is 10.9 Å². The van der Waals surface area contributed by atoms with Crippen LogP contribution in [0, 0.1) is 5.92 Å². The molecule has 1 heterocycles. The summed E-state index contributed by atoms with van der Waals surface area (Å²) in [6.07, 6.45) is 1.80. The molecule has 0 saturated carbocycles. The Morgan fingerprint density at radius 1 is 1.42 bits per heavy atom. The van der Waals surface area contributed by atoms with Crippen LogP contribution in [-0.2, 0) is 15.3 Å². The Morgan fingerprint density at radius 2 is 2.26 bits per heavy atom. The molecule has 0 amide bonds. The van der Waals surface area contributed by atoms with E-state index in [9.17, 15) is 4.79 Å². The minimum absolute atomic E-state index is 0.0582. The van der Waals surface area contributed by atoms with E-state index < -0.39 is 0 Å². The number of esters is 1. The molecule has 0 N–H and O–H groups in total. The Kier molecular flexibility index (Phi) is 4.80. The molecule has 0 bridgehead atoms. The van der Waals surface area contributed by atoms with Gasteiger partial charge in [-0.2, -0.15) is 11.8 Å². The maximum atomic E-state index is 11.3. The van der Waals surface area contributed by atoms with Crippen molar-refractivity contribution in [3.8, 4) is 0 Å². The number of nitrogens with zero attached hydrogens (tertiary/aromatic N) is 1. The highest BCUT2D eigenvalue weighted by molar-refractivity contribution is 7.98. The number of carbonyl (C=O) groups excluding carboxylic acids is 1. The largest absolute Gasteiger partial charge is 0.469 e. The van der Waals surface area contributed by atoms with Gasteiger partial charge in [0, 0.05) is 23.1 Å². The van der Waals surface area contributed by atoms with E-state index in [1.807, 2.05) is 19.1 Å². The Labute approximate surface area is 117 Å². The summed E-state index contributed by atoms with van der Waals surface area (Å²) in [5.74, 6) is 1.47. The molecule has 3 nitrogen and oxygen atoms in total. The van der Waals surface area contributed by atoms with Crippen molar-refractivity contribution in [2.75, 3.05) is 12.9 Å². The summed E-state index contributed by atoms with van der Waals surface area (Å²) in [7, 11) is 1.43. The molecule has 4 heteroatoms. The first kappa shape index (κ1) is 13.9. The fourth-order valence-electron chi connectivity index (χ4n) is 1.84. The Morgan fingerprint density at radius 3 is 3.05 bits per heavy atom. The molecule has 2 aromatic rings. The third kappa shape index (κ3) is 3.70. The Balaban J connectivity index is 1.93. The number of hydrogen-bond donors (Lipinski definition) is 0. The van der Waals surface area contributed by atoms with Gasteiger partial charge < -0.3 is 4.74 Å². The molecule has 0 aliphatic rings. The number of ether oxygens (including phenoxy) is 1. The number of hydrogen-bond acceptors (Lipinski definition) is 4. The third-order valence-electron chi connectivity index (χ3n) is 2.91. The number of fused-ring (bicyclic) bond motifs is 1. The number of aromatic nitrogens is 1. The van der Waals surface area contributed by atoms with Crippen LogP contribution in [0.1, 0.15) is 12.5 Å². The molecule has 0 spiro atoms. The van der Waals surface area contributed by atoms with Gasteiger partial charge in [-0.15, -0.1) is 0 Å². The fourth-order valence-corrected chi connectivity index (χ4v) is 2.86. The molecule has 100 valence electrons. The van der Waals surface area contributed by atoms with Crippen LogP contribution in [0.5, 0.6) is 0 Å². The predicted molar refractivity (Wildman–Crippen MR) is 79.1 cm³/mol. The van der Waals surface area contributed by atoms with Crippen molar-refractivity contribution in [3.63, 3.8) is 0 Å². The molecule has 0 radical (unpaired) electrons. The van der Waals surface area contributed by atoms with Gasteiger partial charge in [0.2, 0.25) is 0 Å². The lowest BCUT2D eigenvalue weighted by Gasteiger charge is -2.08. The summed E-state index contributed by atoms with van der Waals surface area (Å²) in [5.41, 5.74) is 2.27. The van der Waals surface area contributed by atoms with Crippen molar-refractivity contribution in [2.24, 2.45) is 5.92 Å². The number of benzene rings is 1. The van der Waals surface area contributed by atoms with E-state index in [0.717, 1.165) is 22.4 Å². The first-order valence-electron chi connectivity index (χ1n) is 6.20. The molecule has 0 aliphatic carbocycles. The normalized spacial score (nSPS) is 12.3. The molecule has 19 heavy (non-hydrogen) atoms. The van der Waals surface area contributed by atoms with Crippen LogP contribution < -0.4 is 0 Å². The van der Waals surface area contributed by atoms with Gasteiger partial charge in [-0.3, -0.25) is 9.78 Å². The second kappa shape index (κ2) is 6.57. The summed E-state index contributed by atoms with van der Waals surface area (Å²) >= 11 is 1.75. The lowest BCUT2D eigenvalue weighted by molar-refractivity contribution is -0.143. The molecule has 0 aliphatic heterocycles. The van der Waals surface area contributed by atoms with E-state index in [1.54, 1.807) is 18.0 Å². The van der Waals surface area contributed by atoms with Crippen molar-refractivity contribution in [2.45, 2.75) is 12.7 Å². The van der Waals surface area contributed by atoms with Gasteiger partial charge in [-0.05, 0) is 23.8 Å². The number of pyridine rings is 1. The van der Waals surface area contributed by atoms with Crippen LogP contribution in [-0.4, -0.2) is 23.8 Å². The monoisotopic (exact) mass is 275 g/mol. The SMILES string of the molecule is COC(=O)C(C)CSCc1ccc2ncccc2c1. The van der Waals surface area contributed by atoms with E-state index in [-0.39, 0.29) is 11.9 Å². The molecule has 1 aromatic carbocycles. The first-order valence-corrected chi connectivity index (χ1v) is 7.35. The van der Waals surface area contributed by atoms with Gasteiger partial charge in [-0.1, -0.05) is 19.1 Å². The number of methoxy groups -OCH3 is 1. The summed E-state index contributed by atoms with van der Waals surface area (Å²) in [5, 5.41) is 1.15. The quantitative estimate of drug-likeness (QED) is 0.785. The number of rotatable bonds is 5. The minimum atomic E-state index is -0.143. The second-order valence-electron chi connectivity index (χ2n) is 4.47. The molecule has 0 fully saturated rings. The fraction of sp³-hybridized carbons (Fsp3) is 0.333. The van der Waals surface area contributed by atoms with E-state index >= 15 is 0 Å². The maximum Gasteiger partial charge on any atom is 0.309 e. The maximum absolute atomic E-state index is 11.3. The highest BCUT2D eigenvalue weighted by Crippen LogP contribution is 2.19. The molecule has 1 aromatic heterocycles. The van der Waals surface area contributed by atoms with Gasteiger partial charge in [0.1, 0.15) is 0 Å². The van der Waals surface area contributed by atoms with Crippen molar-refractivity contribution < 1.29 is 9.53 Å². The molecule has 1 atom stereocenters. The number of carbonyl (C=O) groups is 1. The van der Waals surface area contributed by atoms with Crippen LogP contribution in [0.2, 0.25) is 0 Å². The predicted octanol–water partition coefficient (Wildman–Crippen LogP) is 3.28. The zero-order chi connectivity index (χ0) is 13.7. The van der Waals surface area contributed by atoms with Gasteiger partial charge in [-0.25, -0.2) is 0 Å². The topological polar surface area (TPSA) is 39.2 Å². The average Bonchev–Trinajstić information content (AvgIpc) is 2.46. The lowest BCUT2D eigenvalue weighted by atomic mass is 10.1. The summed E-state index contributed by atoms with van der Waals surface area (Å²) in [4.78, 5) is 15.6. The summed E-state index contributed by atoms with van der Waals surface area (Å²) in [6, 6.07) is 10.3. The van der Waals surface area contributed by atoms with Crippen LogP contribution in [0.4, 0.5) is 0 Å². The standard InChI is InChI=1S/C15H17NO2S/c1-11(15(17)18-2)9-19-10-12-5-6-14-13(8-12)4-3-7-16-14/h3-8,11H,9-10H2,1-2H3. The summed E-state index contributed by atoms with van der Waals surface area (Å²) < 4.78 is 4.71. The van der Waals surface area contributed by atoms with Crippen molar-refractivity contribution >= 4 is 28.6 Å². The van der Waals surface area contributed by atoms with Crippen molar-refractivity contribution in [3.05, 3.63) is 42.1 Å². The van der Waals surface area contributed by atoms with E-state index in [1.165, 1.54) is 12.7 Å². The molecule has 0 saturated heterocycles. The van der Waals surface area contributed by atoms with Gasteiger partial charge in [0.15, 0.2) is 0 Å². The van der Waals surface area contributed by atoms with Crippen LogP contribution in [0.15, 0.2) is 36.5 Å². The van der Waals surface area contributed by atoms with Gasteiger partial charge >= 0.3 is 5.97 Å². The van der Waals surface area contributed by atoms with Crippen LogP contribution in [0.3, 0.4) is 0 Å². The van der Waals surface area contributed by atoms with Crippen LogP contribution >= 0.6 is 11.8 Å². The third-order valence-corrected chi connectivity index (χ3v) is 4.18. The molecule has 1 unspecified atom stereocenters. The lowest BCUT2D eigenvalue weighted by Crippen LogP contribution is -2.14. The number of thioether (sulfide) groups is 1. The van der Waals surface area contributed by atoms with E-state index in [4.69, 9.17) is 4.74 Å². The summed E-state index contributed by atoms with van der Waals surface area (Å²) in [6.45, 7) is 1.89. The average molecular weight is 275 g/mol. The van der Waals surface area contributed by atoms with Crippen molar-refractivity contribution in [1.82, 2.24) is 4.98 Å². The highest BCUT2D eigenvalue weighted by atomic mass is 32.2. The smallest absolute Gasteiger partial charge is 0.309 e. The Bertz CT molecular complexity index is 571. The van der Waals surface area contributed by atoms with Crippen molar-refractivity contribution in [1.29, 1.82) is 0 Å². The van der Waals surface area contributed by atoms with Gasteiger partial charge in [0.05, 0.1) is 18.5 Å². The zero-order valence-corrected chi connectivity index (χ0v) is 11.9. The van der Waals surface area contributed by atoms with E-state index in [0.29, 0.717) is 0 Å². The molecular weight excluding hydrogens is 258 g/mol. The minimum Gasteiger partial charge on any atom is -0.469 e.